The molecule has 0 bridgehead atoms. The average Bonchev–Trinajstić information content (AvgIpc) is 3.02. The second kappa shape index (κ2) is 6.72. The number of benzene rings is 1. The Morgan fingerprint density at radius 3 is 2.85 bits per heavy atom. The summed E-state index contributed by atoms with van der Waals surface area (Å²) in [4.78, 5) is 0. The van der Waals surface area contributed by atoms with Gasteiger partial charge in [-0.2, -0.15) is 11.8 Å². The standard InChI is InChI=1S/C16H23NO2S/c1-18-15-7-6-12(14-5-2-8-17-14)10-16(15)19-13-4-3-9-20-11-13/h6-7,10,13-14,17H,2-5,8-9,11H2,1H3. The third-order valence-electron chi connectivity index (χ3n) is 4.06. The predicted molar refractivity (Wildman–Crippen MR) is 83.9 cm³/mol. The molecule has 2 heterocycles. The first-order valence-electron chi connectivity index (χ1n) is 7.52. The maximum absolute atomic E-state index is 6.20. The van der Waals surface area contributed by atoms with E-state index in [1.807, 2.05) is 17.8 Å². The van der Waals surface area contributed by atoms with Crippen LogP contribution in [0.4, 0.5) is 0 Å². The van der Waals surface area contributed by atoms with Crippen LogP contribution in [0.5, 0.6) is 11.5 Å². The Balaban J connectivity index is 1.76. The van der Waals surface area contributed by atoms with Crippen molar-refractivity contribution in [2.24, 2.45) is 0 Å². The van der Waals surface area contributed by atoms with Crippen LogP contribution in [0.15, 0.2) is 18.2 Å². The minimum atomic E-state index is 0.328. The molecule has 2 aliphatic rings. The summed E-state index contributed by atoms with van der Waals surface area (Å²) in [5.41, 5.74) is 1.32. The SMILES string of the molecule is COc1ccc(C2CCCN2)cc1OC1CCCSC1. The van der Waals surface area contributed by atoms with Crippen molar-refractivity contribution in [2.45, 2.75) is 37.8 Å². The molecule has 0 saturated carbocycles. The van der Waals surface area contributed by atoms with E-state index in [-0.39, 0.29) is 0 Å². The van der Waals surface area contributed by atoms with E-state index < -0.39 is 0 Å². The normalized spacial score (nSPS) is 26.4. The quantitative estimate of drug-likeness (QED) is 0.922. The highest BCUT2D eigenvalue weighted by atomic mass is 32.2. The van der Waals surface area contributed by atoms with E-state index in [4.69, 9.17) is 9.47 Å². The molecule has 0 aliphatic carbocycles. The summed E-state index contributed by atoms with van der Waals surface area (Å²) in [5.74, 6) is 4.12. The first-order chi connectivity index (χ1) is 9.86. The molecule has 0 amide bonds. The van der Waals surface area contributed by atoms with Crippen LogP contribution in [-0.4, -0.2) is 31.3 Å². The Hall–Kier alpha value is -0.870. The lowest BCUT2D eigenvalue weighted by atomic mass is 10.0. The maximum Gasteiger partial charge on any atom is 0.161 e. The fourth-order valence-corrected chi connectivity index (χ4v) is 3.99. The van der Waals surface area contributed by atoms with Crippen LogP contribution in [0.2, 0.25) is 0 Å². The van der Waals surface area contributed by atoms with Gasteiger partial charge >= 0.3 is 0 Å². The van der Waals surface area contributed by atoms with Crippen LogP contribution in [0, 0.1) is 0 Å². The molecule has 110 valence electrons. The van der Waals surface area contributed by atoms with E-state index in [2.05, 4.69) is 17.4 Å². The molecule has 2 unspecified atom stereocenters. The van der Waals surface area contributed by atoms with Crippen LogP contribution in [-0.2, 0) is 0 Å². The fraction of sp³-hybridized carbons (Fsp3) is 0.625. The van der Waals surface area contributed by atoms with Gasteiger partial charge in [0.15, 0.2) is 11.5 Å². The lowest BCUT2D eigenvalue weighted by Gasteiger charge is -2.24. The lowest BCUT2D eigenvalue weighted by molar-refractivity contribution is 0.202. The third kappa shape index (κ3) is 3.23. The van der Waals surface area contributed by atoms with Crippen molar-refractivity contribution in [3.63, 3.8) is 0 Å². The summed E-state index contributed by atoms with van der Waals surface area (Å²) in [6, 6.07) is 6.84. The van der Waals surface area contributed by atoms with E-state index in [0.29, 0.717) is 12.1 Å². The molecule has 1 N–H and O–H groups in total. The van der Waals surface area contributed by atoms with Crippen molar-refractivity contribution in [3.8, 4) is 11.5 Å². The highest BCUT2D eigenvalue weighted by Crippen LogP contribution is 2.34. The van der Waals surface area contributed by atoms with Crippen molar-refractivity contribution in [1.82, 2.24) is 5.32 Å². The van der Waals surface area contributed by atoms with E-state index in [9.17, 15) is 0 Å². The van der Waals surface area contributed by atoms with Gasteiger partial charge in [-0.15, -0.1) is 0 Å². The molecule has 2 atom stereocenters. The second-order valence-electron chi connectivity index (χ2n) is 5.52. The average molecular weight is 293 g/mol. The van der Waals surface area contributed by atoms with Gasteiger partial charge in [0.2, 0.25) is 0 Å². The van der Waals surface area contributed by atoms with Gasteiger partial charge < -0.3 is 14.8 Å². The Kier molecular flexibility index (Phi) is 4.73. The number of hydrogen-bond acceptors (Lipinski definition) is 4. The van der Waals surface area contributed by atoms with Gasteiger partial charge in [-0.05, 0) is 55.7 Å². The van der Waals surface area contributed by atoms with Gasteiger partial charge in [-0.25, -0.2) is 0 Å². The Morgan fingerprint density at radius 1 is 1.20 bits per heavy atom. The maximum atomic E-state index is 6.20. The summed E-state index contributed by atoms with van der Waals surface area (Å²) < 4.78 is 11.7. The zero-order valence-corrected chi connectivity index (χ0v) is 12.9. The number of hydrogen-bond donors (Lipinski definition) is 1. The summed E-state index contributed by atoms with van der Waals surface area (Å²) in [6.07, 6.45) is 5.20. The van der Waals surface area contributed by atoms with Crippen LogP contribution in [0.1, 0.15) is 37.3 Å². The van der Waals surface area contributed by atoms with E-state index in [0.717, 1.165) is 30.2 Å². The molecule has 4 heteroatoms. The summed E-state index contributed by atoms with van der Waals surface area (Å²) in [7, 11) is 1.71. The van der Waals surface area contributed by atoms with Crippen molar-refractivity contribution >= 4 is 11.8 Å². The molecule has 1 aromatic rings. The van der Waals surface area contributed by atoms with Crippen molar-refractivity contribution in [3.05, 3.63) is 23.8 Å². The van der Waals surface area contributed by atoms with Crippen molar-refractivity contribution in [2.75, 3.05) is 25.2 Å². The van der Waals surface area contributed by atoms with Crippen LogP contribution in [0.3, 0.4) is 0 Å². The Bertz CT molecular complexity index is 440. The molecule has 0 radical (unpaired) electrons. The van der Waals surface area contributed by atoms with Gasteiger partial charge in [0.1, 0.15) is 6.10 Å². The third-order valence-corrected chi connectivity index (χ3v) is 5.25. The molecule has 20 heavy (non-hydrogen) atoms. The minimum Gasteiger partial charge on any atom is -0.493 e. The van der Waals surface area contributed by atoms with E-state index in [1.165, 1.54) is 30.6 Å². The van der Waals surface area contributed by atoms with Crippen LogP contribution in [0.25, 0.3) is 0 Å². The Morgan fingerprint density at radius 2 is 2.15 bits per heavy atom. The molecule has 1 aromatic carbocycles. The molecular weight excluding hydrogens is 270 g/mol. The predicted octanol–water partition coefficient (Wildman–Crippen LogP) is 3.39. The van der Waals surface area contributed by atoms with Crippen LogP contribution >= 0.6 is 11.8 Å². The monoisotopic (exact) mass is 293 g/mol. The first kappa shape index (κ1) is 14.1. The number of ether oxygens (including phenoxy) is 2. The number of rotatable bonds is 4. The molecule has 3 nitrogen and oxygen atoms in total. The highest BCUT2D eigenvalue weighted by Gasteiger charge is 2.21. The number of nitrogens with one attached hydrogen (secondary N) is 1. The van der Waals surface area contributed by atoms with Gasteiger partial charge in [-0.1, -0.05) is 6.07 Å². The fourth-order valence-electron chi connectivity index (χ4n) is 2.95. The van der Waals surface area contributed by atoms with Gasteiger partial charge in [0, 0.05) is 11.8 Å². The number of thioether (sulfide) groups is 1. The minimum absolute atomic E-state index is 0.328. The van der Waals surface area contributed by atoms with Crippen molar-refractivity contribution in [1.29, 1.82) is 0 Å². The van der Waals surface area contributed by atoms with E-state index in [1.54, 1.807) is 7.11 Å². The van der Waals surface area contributed by atoms with Crippen LogP contribution < -0.4 is 14.8 Å². The smallest absolute Gasteiger partial charge is 0.161 e. The zero-order valence-electron chi connectivity index (χ0n) is 12.1. The molecule has 3 rings (SSSR count). The van der Waals surface area contributed by atoms with Gasteiger partial charge in [0.05, 0.1) is 7.11 Å². The summed E-state index contributed by atoms with van der Waals surface area (Å²) in [6.45, 7) is 1.12. The molecule has 0 aromatic heterocycles. The largest absolute Gasteiger partial charge is 0.493 e. The summed E-state index contributed by atoms with van der Waals surface area (Å²) >= 11 is 1.99. The van der Waals surface area contributed by atoms with Gasteiger partial charge in [-0.3, -0.25) is 0 Å². The highest BCUT2D eigenvalue weighted by molar-refractivity contribution is 7.99. The topological polar surface area (TPSA) is 30.5 Å². The first-order valence-corrected chi connectivity index (χ1v) is 8.68. The zero-order chi connectivity index (χ0) is 13.8. The second-order valence-corrected chi connectivity index (χ2v) is 6.67. The van der Waals surface area contributed by atoms with Crippen molar-refractivity contribution < 1.29 is 9.47 Å². The lowest BCUT2D eigenvalue weighted by Crippen LogP contribution is -2.23. The van der Waals surface area contributed by atoms with E-state index >= 15 is 0 Å². The molecular formula is C16H23NO2S. The Labute approximate surface area is 125 Å². The number of methoxy groups -OCH3 is 1. The summed E-state index contributed by atoms with van der Waals surface area (Å²) in [5, 5.41) is 3.54. The van der Waals surface area contributed by atoms with Gasteiger partial charge in [0.25, 0.3) is 0 Å². The molecule has 2 saturated heterocycles. The molecule has 2 aliphatic heterocycles. The molecule has 2 fully saturated rings. The molecule has 0 spiro atoms.